The molecule has 1 fully saturated rings. The van der Waals surface area contributed by atoms with Crippen molar-refractivity contribution in [3.8, 4) is 0 Å². The van der Waals surface area contributed by atoms with Crippen LogP contribution in [0.15, 0.2) is 10.6 Å². The molecule has 1 saturated heterocycles. The maximum absolute atomic E-state index is 11.2. The number of aliphatic hydroxyl groups is 1. The molecule has 0 bridgehead atoms. The third-order valence-corrected chi connectivity index (χ3v) is 4.08. The number of rotatable bonds is 2. The van der Waals surface area contributed by atoms with E-state index in [0.29, 0.717) is 18.1 Å². The normalized spacial score (nSPS) is 25.4. The van der Waals surface area contributed by atoms with Gasteiger partial charge in [0.05, 0.1) is 23.6 Å². The van der Waals surface area contributed by atoms with Crippen molar-refractivity contribution in [2.45, 2.75) is 18.9 Å². The molecule has 2 heterocycles. The summed E-state index contributed by atoms with van der Waals surface area (Å²) in [6, 6.07) is 0. The lowest BCUT2D eigenvalue weighted by molar-refractivity contribution is 0.241. The minimum absolute atomic E-state index is 0.110. The van der Waals surface area contributed by atoms with E-state index in [1.54, 1.807) is 0 Å². The van der Waals surface area contributed by atoms with Crippen molar-refractivity contribution in [2.75, 3.05) is 11.5 Å². The molecule has 0 aliphatic carbocycles. The van der Waals surface area contributed by atoms with Gasteiger partial charge in [0.1, 0.15) is 12.4 Å². The largest absolute Gasteiger partial charge is 0.443 e. The Hall–Kier alpha value is -0.880. The molecular weight excluding hydrogens is 206 g/mol. The topological polar surface area (TPSA) is 80.4 Å². The van der Waals surface area contributed by atoms with E-state index in [1.807, 2.05) is 0 Å². The molecule has 1 atom stereocenters. The Morgan fingerprint density at radius 3 is 2.93 bits per heavy atom. The van der Waals surface area contributed by atoms with Gasteiger partial charge in [-0.1, -0.05) is 0 Å². The Morgan fingerprint density at radius 1 is 1.64 bits per heavy atom. The fourth-order valence-electron chi connectivity index (χ4n) is 1.57. The van der Waals surface area contributed by atoms with Crippen LogP contribution in [0.25, 0.3) is 0 Å². The van der Waals surface area contributed by atoms with Gasteiger partial charge < -0.3 is 9.52 Å². The first-order valence-corrected chi connectivity index (χ1v) is 6.19. The summed E-state index contributed by atoms with van der Waals surface area (Å²) in [6.07, 6.45) is 1.99. The molecule has 2 rings (SSSR count). The van der Waals surface area contributed by atoms with Crippen molar-refractivity contribution in [3.63, 3.8) is 0 Å². The van der Waals surface area contributed by atoms with Crippen LogP contribution in [0.1, 0.15) is 24.0 Å². The van der Waals surface area contributed by atoms with Crippen molar-refractivity contribution in [1.29, 1.82) is 0 Å². The predicted molar refractivity (Wildman–Crippen MR) is 48.4 cm³/mol. The van der Waals surface area contributed by atoms with Crippen molar-refractivity contribution < 1.29 is 17.9 Å². The van der Waals surface area contributed by atoms with Crippen molar-refractivity contribution in [1.82, 2.24) is 4.98 Å². The van der Waals surface area contributed by atoms with E-state index in [9.17, 15) is 8.42 Å². The van der Waals surface area contributed by atoms with Gasteiger partial charge in [-0.15, -0.1) is 0 Å². The maximum atomic E-state index is 11.2. The minimum Gasteiger partial charge on any atom is -0.443 e. The number of aliphatic hydroxyl groups excluding tert-OH is 1. The van der Waals surface area contributed by atoms with Crippen LogP contribution < -0.4 is 0 Å². The summed E-state index contributed by atoms with van der Waals surface area (Å²) in [6.45, 7) is -0.202. The number of hydrogen-bond acceptors (Lipinski definition) is 5. The first kappa shape index (κ1) is 9.67. The molecule has 1 aliphatic rings. The Kier molecular flexibility index (Phi) is 2.32. The van der Waals surface area contributed by atoms with E-state index >= 15 is 0 Å². The predicted octanol–water partition coefficient (Wildman–Crippen LogP) is 0.0690. The van der Waals surface area contributed by atoms with Crippen LogP contribution in [0.2, 0.25) is 0 Å². The highest BCUT2D eigenvalue weighted by molar-refractivity contribution is 7.91. The van der Waals surface area contributed by atoms with Gasteiger partial charge in [-0.3, -0.25) is 0 Å². The SMILES string of the molecule is O=S1(=O)CCC(c2ncc(CO)o2)C1. The van der Waals surface area contributed by atoms with Gasteiger partial charge in [-0.25, -0.2) is 13.4 Å². The molecule has 0 spiro atoms. The van der Waals surface area contributed by atoms with Gasteiger partial charge in [0.2, 0.25) is 0 Å². The molecule has 0 aromatic carbocycles. The average Bonchev–Trinajstić information content (AvgIpc) is 2.70. The highest BCUT2D eigenvalue weighted by atomic mass is 32.2. The molecule has 0 radical (unpaired) electrons. The number of oxazole rings is 1. The maximum Gasteiger partial charge on any atom is 0.198 e. The number of hydrogen-bond donors (Lipinski definition) is 1. The standard InChI is InChI=1S/C8H11NO4S/c10-4-7-3-9-8(13-7)6-1-2-14(11,12)5-6/h3,6,10H,1-2,4-5H2. The van der Waals surface area contributed by atoms with Gasteiger partial charge in [0, 0.05) is 0 Å². The number of nitrogens with zero attached hydrogens (tertiary/aromatic N) is 1. The van der Waals surface area contributed by atoms with Crippen molar-refractivity contribution >= 4 is 9.84 Å². The zero-order valence-corrected chi connectivity index (χ0v) is 8.33. The van der Waals surface area contributed by atoms with E-state index in [0.717, 1.165) is 0 Å². The van der Waals surface area contributed by atoms with E-state index in [2.05, 4.69) is 4.98 Å². The van der Waals surface area contributed by atoms with Crippen LogP contribution in [-0.2, 0) is 16.4 Å². The second-order valence-electron chi connectivity index (χ2n) is 3.42. The van der Waals surface area contributed by atoms with E-state index < -0.39 is 9.84 Å². The van der Waals surface area contributed by atoms with Gasteiger partial charge in [0.15, 0.2) is 15.7 Å². The molecule has 1 aliphatic heterocycles. The molecule has 1 aromatic heterocycles. The zero-order valence-electron chi connectivity index (χ0n) is 7.51. The monoisotopic (exact) mass is 217 g/mol. The Bertz CT molecular complexity index is 422. The van der Waals surface area contributed by atoms with Gasteiger partial charge in [-0.05, 0) is 6.42 Å². The summed E-state index contributed by atoms with van der Waals surface area (Å²) in [4.78, 5) is 3.94. The molecule has 1 N–H and O–H groups in total. The Morgan fingerprint density at radius 2 is 2.43 bits per heavy atom. The molecule has 14 heavy (non-hydrogen) atoms. The summed E-state index contributed by atoms with van der Waals surface area (Å²) in [5.41, 5.74) is 0. The van der Waals surface area contributed by atoms with E-state index in [1.165, 1.54) is 6.20 Å². The first-order valence-electron chi connectivity index (χ1n) is 4.36. The van der Waals surface area contributed by atoms with Gasteiger partial charge >= 0.3 is 0 Å². The molecule has 1 unspecified atom stereocenters. The third-order valence-electron chi connectivity index (χ3n) is 2.31. The molecule has 0 saturated carbocycles. The molecule has 1 aromatic rings. The number of sulfone groups is 1. The van der Waals surface area contributed by atoms with Crippen LogP contribution in [0.4, 0.5) is 0 Å². The fourth-order valence-corrected chi connectivity index (χ4v) is 3.31. The molecule has 6 heteroatoms. The summed E-state index contributed by atoms with van der Waals surface area (Å²) in [5, 5.41) is 8.74. The smallest absolute Gasteiger partial charge is 0.198 e. The van der Waals surface area contributed by atoms with E-state index in [4.69, 9.17) is 9.52 Å². The van der Waals surface area contributed by atoms with Crippen LogP contribution in [0, 0.1) is 0 Å². The first-order chi connectivity index (χ1) is 6.61. The van der Waals surface area contributed by atoms with Crippen LogP contribution in [0.3, 0.4) is 0 Å². The molecular formula is C8H11NO4S. The Balaban J connectivity index is 2.17. The van der Waals surface area contributed by atoms with Crippen LogP contribution in [-0.4, -0.2) is 30.0 Å². The zero-order chi connectivity index (χ0) is 10.2. The second-order valence-corrected chi connectivity index (χ2v) is 5.65. The van der Waals surface area contributed by atoms with Crippen LogP contribution in [0.5, 0.6) is 0 Å². The second kappa shape index (κ2) is 3.36. The van der Waals surface area contributed by atoms with Crippen LogP contribution >= 0.6 is 0 Å². The highest BCUT2D eigenvalue weighted by Crippen LogP contribution is 2.28. The fraction of sp³-hybridized carbons (Fsp3) is 0.625. The van der Waals surface area contributed by atoms with E-state index in [-0.39, 0.29) is 24.0 Å². The third kappa shape index (κ3) is 1.80. The molecule has 0 amide bonds. The lowest BCUT2D eigenvalue weighted by atomic mass is 10.1. The summed E-state index contributed by atoms with van der Waals surface area (Å²) < 4.78 is 27.5. The summed E-state index contributed by atoms with van der Waals surface area (Å²) in [7, 11) is -2.90. The van der Waals surface area contributed by atoms with Crippen molar-refractivity contribution in [2.24, 2.45) is 0 Å². The average molecular weight is 217 g/mol. The summed E-state index contributed by atoms with van der Waals surface area (Å²) >= 11 is 0. The lowest BCUT2D eigenvalue weighted by Crippen LogP contribution is -2.03. The number of aromatic nitrogens is 1. The van der Waals surface area contributed by atoms with Gasteiger partial charge in [0.25, 0.3) is 0 Å². The minimum atomic E-state index is -2.90. The van der Waals surface area contributed by atoms with Crippen molar-refractivity contribution in [3.05, 3.63) is 17.8 Å². The highest BCUT2D eigenvalue weighted by Gasteiger charge is 2.32. The molecule has 78 valence electrons. The lowest BCUT2D eigenvalue weighted by Gasteiger charge is -1.99. The quantitative estimate of drug-likeness (QED) is 0.758. The molecule has 5 nitrogen and oxygen atoms in total. The summed E-state index contributed by atoms with van der Waals surface area (Å²) in [5.74, 6) is 0.979. The Labute approximate surface area is 81.7 Å². The van der Waals surface area contributed by atoms with Gasteiger partial charge in [-0.2, -0.15) is 0 Å².